The molecule has 2 atom stereocenters. The third-order valence-corrected chi connectivity index (χ3v) is 5.16. The average molecular weight is 414 g/mol. The van der Waals surface area contributed by atoms with Crippen LogP contribution in [0, 0.1) is 17.7 Å². The van der Waals surface area contributed by atoms with Crippen LogP contribution in [0.2, 0.25) is 10.4 Å². The monoisotopic (exact) mass is 413 g/mol. The molecule has 1 N–H and O–H groups in total. The quantitative estimate of drug-likeness (QED) is 0.599. The predicted octanol–water partition coefficient (Wildman–Crippen LogP) is 3.43. The van der Waals surface area contributed by atoms with E-state index in [1.807, 2.05) is 25.7 Å². The van der Waals surface area contributed by atoms with Gasteiger partial charge in [0.1, 0.15) is 17.4 Å². The molecule has 1 aliphatic heterocycles. The van der Waals surface area contributed by atoms with E-state index in [-0.39, 0.29) is 39.4 Å². The van der Waals surface area contributed by atoms with Crippen LogP contribution in [-0.2, 0) is 4.74 Å². The molecule has 7 nitrogen and oxygen atoms in total. The van der Waals surface area contributed by atoms with Crippen LogP contribution in [0.4, 0.5) is 15.0 Å². The second kappa shape index (κ2) is 6.31. The van der Waals surface area contributed by atoms with Gasteiger partial charge >= 0.3 is 6.09 Å². The number of nitrogens with zero attached hydrogens (tertiary/aromatic N) is 4. The number of rotatable bonds is 2. The summed E-state index contributed by atoms with van der Waals surface area (Å²) in [7, 11) is 0. The van der Waals surface area contributed by atoms with Gasteiger partial charge < -0.3 is 15.0 Å². The molecule has 1 amide bonds. The molecule has 0 bridgehead atoms. The summed E-state index contributed by atoms with van der Waals surface area (Å²) in [4.78, 5) is 26.0. The highest BCUT2D eigenvalue weighted by Crippen LogP contribution is 2.49. The molecule has 0 spiro atoms. The Morgan fingerprint density at radius 1 is 1.30 bits per heavy atom. The minimum absolute atomic E-state index is 0.0444. The second-order valence-electron chi connectivity index (χ2n) is 7.92. The SMILES string of the molecule is CC(C)(C)NC(=O)OC1C2CN(c3nc(Cl)nc4c(F)c(Cl)ncc34)CC21. The number of ether oxygens (including phenoxy) is 1. The lowest BCUT2D eigenvalue weighted by atomic mass is 10.1. The lowest BCUT2D eigenvalue weighted by Crippen LogP contribution is -2.42. The highest BCUT2D eigenvalue weighted by Gasteiger charge is 2.59. The smallest absolute Gasteiger partial charge is 0.407 e. The molecule has 27 heavy (non-hydrogen) atoms. The van der Waals surface area contributed by atoms with E-state index in [0.29, 0.717) is 24.3 Å². The van der Waals surface area contributed by atoms with Crippen molar-refractivity contribution in [3.05, 3.63) is 22.5 Å². The van der Waals surface area contributed by atoms with Crippen molar-refractivity contribution >= 4 is 46.0 Å². The van der Waals surface area contributed by atoms with Gasteiger partial charge in [-0.15, -0.1) is 0 Å². The van der Waals surface area contributed by atoms with Crippen molar-refractivity contribution in [2.75, 3.05) is 18.0 Å². The zero-order chi connectivity index (χ0) is 19.5. The van der Waals surface area contributed by atoms with Crippen molar-refractivity contribution in [3.63, 3.8) is 0 Å². The van der Waals surface area contributed by atoms with Crippen LogP contribution in [0.3, 0.4) is 0 Å². The number of piperidine rings is 1. The number of hydrogen-bond donors (Lipinski definition) is 1. The van der Waals surface area contributed by atoms with Crippen molar-refractivity contribution in [2.45, 2.75) is 32.4 Å². The van der Waals surface area contributed by atoms with E-state index in [0.717, 1.165) is 0 Å². The second-order valence-corrected chi connectivity index (χ2v) is 8.62. The molecule has 1 saturated carbocycles. The molecular weight excluding hydrogens is 396 g/mol. The summed E-state index contributed by atoms with van der Waals surface area (Å²) in [6, 6.07) is 0. The number of aromatic nitrogens is 3. The first-order chi connectivity index (χ1) is 12.6. The Balaban J connectivity index is 1.49. The summed E-state index contributed by atoms with van der Waals surface area (Å²) >= 11 is 11.7. The number of carbonyl (C=O) groups excluding carboxylic acids is 1. The van der Waals surface area contributed by atoms with Gasteiger partial charge in [-0.25, -0.2) is 19.2 Å². The minimum atomic E-state index is -0.718. The molecule has 2 unspecified atom stereocenters. The Bertz CT molecular complexity index is 924. The van der Waals surface area contributed by atoms with E-state index in [1.54, 1.807) is 0 Å². The molecule has 4 rings (SSSR count). The molecule has 144 valence electrons. The molecule has 3 heterocycles. The number of alkyl carbamates (subject to hydrolysis) is 1. The van der Waals surface area contributed by atoms with Gasteiger partial charge in [-0.1, -0.05) is 11.6 Å². The van der Waals surface area contributed by atoms with Gasteiger partial charge in [0.15, 0.2) is 11.0 Å². The Morgan fingerprint density at radius 2 is 1.96 bits per heavy atom. The van der Waals surface area contributed by atoms with Gasteiger partial charge in [0, 0.05) is 36.7 Å². The van der Waals surface area contributed by atoms with E-state index < -0.39 is 11.9 Å². The number of nitrogens with one attached hydrogen (secondary N) is 1. The summed E-state index contributed by atoms with van der Waals surface area (Å²) in [5.41, 5.74) is -0.301. The average Bonchev–Trinajstić information content (AvgIpc) is 3.00. The maximum absolute atomic E-state index is 14.2. The molecule has 0 aromatic carbocycles. The first kappa shape index (κ1) is 18.4. The molecular formula is C17H18Cl2FN5O2. The number of pyridine rings is 1. The normalized spacial score (nSPS) is 24.1. The summed E-state index contributed by atoms with van der Waals surface area (Å²) < 4.78 is 19.8. The number of anilines is 1. The van der Waals surface area contributed by atoms with Crippen LogP contribution in [0.5, 0.6) is 0 Å². The minimum Gasteiger partial charge on any atom is -0.445 e. The molecule has 2 aliphatic rings. The molecule has 2 fully saturated rings. The van der Waals surface area contributed by atoms with Crippen LogP contribution >= 0.6 is 23.2 Å². The lowest BCUT2D eigenvalue weighted by molar-refractivity contribution is 0.119. The summed E-state index contributed by atoms with van der Waals surface area (Å²) in [6.45, 7) is 6.95. The van der Waals surface area contributed by atoms with Crippen molar-refractivity contribution < 1.29 is 13.9 Å². The lowest BCUT2D eigenvalue weighted by Gasteiger charge is -2.24. The number of halogens is 3. The van der Waals surface area contributed by atoms with E-state index >= 15 is 0 Å². The maximum Gasteiger partial charge on any atom is 0.407 e. The number of fused-ring (bicyclic) bond motifs is 2. The van der Waals surface area contributed by atoms with Crippen LogP contribution in [0.1, 0.15) is 20.8 Å². The Hall–Kier alpha value is -1.93. The molecule has 10 heteroatoms. The summed E-state index contributed by atoms with van der Waals surface area (Å²) in [5, 5.41) is 2.92. The fourth-order valence-corrected chi connectivity index (χ4v) is 3.82. The number of amides is 1. The Kier molecular flexibility index (Phi) is 4.31. The standard InChI is InChI=1S/C17H18Cl2FN5O2/c1-17(2,3)24-16(26)27-12-8-5-25(6-9(8)12)14-7-4-21-13(18)10(20)11(7)22-15(19)23-14/h4,8-9,12H,5-6H2,1-3H3,(H,24,26). The van der Waals surface area contributed by atoms with Crippen molar-refractivity contribution in [1.29, 1.82) is 0 Å². The maximum atomic E-state index is 14.2. The predicted molar refractivity (Wildman–Crippen MR) is 99.7 cm³/mol. The Morgan fingerprint density at radius 3 is 2.59 bits per heavy atom. The molecule has 1 aliphatic carbocycles. The largest absolute Gasteiger partial charge is 0.445 e. The van der Waals surface area contributed by atoms with Crippen LogP contribution in [0.25, 0.3) is 10.9 Å². The first-order valence-corrected chi connectivity index (χ1v) is 9.30. The van der Waals surface area contributed by atoms with Gasteiger partial charge in [0.25, 0.3) is 0 Å². The van der Waals surface area contributed by atoms with Crippen LogP contribution in [-0.4, -0.2) is 45.8 Å². The van der Waals surface area contributed by atoms with Gasteiger partial charge in [0.05, 0.1) is 5.39 Å². The highest BCUT2D eigenvalue weighted by molar-refractivity contribution is 6.30. The van der Waals surface area contributed by atoms with Gasteiger partial charge in [-0.05, 0) is 32.4 Å². The fourth-order valence-electron chi connectivity index (χ4n) is 3.51. The molecule has 1 saturated heterocycles. The Labute approximate surface area is 165 Å². The zero-order valence-corrected chi connectivity index (χ0v) is 16.5. The van der Waals surface area contributed by atoms with Crippen molar-refractivity contribution in [3.8, 4) is 0 Å². The molecule has 0 radical (unpaired) electrons. The highest BCUT2D eigenvalue weighted by atomic mass is 35.5. The van der Waals surface area contributed by atoms with Crippen molar-refractivity contribution in [2.24, 2.45) is 11.8 Å². The third-order valence-electron chi connectivity index (χ3n) is 4.73. The third kappa shape index (κ3) is 3.48. The topological polar surface area (TPSA) is 80.2 Å². The van der Waals surface area contributed by atoms with E-state index in [4.69, 9.17) is 27.9 Å². The van der Waals surface area contributed by atoms with E-state index in [1.165, 1.54) is 6.20 Å². The number of hydrogen-bond acceptors (Lipinski definition) is 6. The van der Waals surface area contributed by atoms with Gasteiger partial charge in [-0.2, -0.15) is 4.98 Å². The van der Waals surface area contributed by atoms with E-state index in [2.05, 4.69) is 20.3 Å². The van der Waals surface area contributed by atoms with E-state index in [9.17, 15) is 9.18 Å². The van der Waals surface area contributed by atoms with Gasteiger partial charge in [-0.3, -0.25) is 0 Å². The first-order valence-electron chi connectivity index (χ1n) is 8.55. The summed E-state index contributed by atoms with van der Waals surface area (Å²) in [6.07, 6.45) is 0.919. The molecule has 2 aromatic heterocycles. The van der Waals surface area contributed by atoms with Crippen molar-refractivity contribution in [1.82, 2.24) is 20.3 Å². The van der Waals surface area contributed by atoms with Gasteiger partial charge in [0.2, 0.25) is 5.28 Å². The summed E-state index contributed by atoms with van der Waals surface area (Å²) in [5.74, 6) is 0.219. The van der Waals surface area contributed by atoms with Crippen LogP contribution < -0.4 is 10.2 Å². The fraction of sp³-hybridized carbons (Fsp3) is 0.529. The number of carbonyl (C=O) groups is 1. The van der Waals surface area contributed by atoms with Crippen LogP contribution in [0.15, 0.2) is 6.20 Å². The molecule has 2 aromatic rings. The zero-order valence-electron chi connectivity index (χ0n) is 15.0.